The van der Waals surface area contributed by atoms with E-state index in [0.29, 0.717) is 19.5 Å². The SMILES string of the molecule is C[C@@H]1C(=O)NCCN1S(=O)(=O)CCc1cccs1. The first-order chi connectivity index (χ1) is 8.50. The van der Waals surface area contributed by atoms with Gasteiger partial charge >= 0.3 is 0 Å². The van der Waals surface area contributed by atoms with Crippen LogP contribution in [0.4, 0.5) is 0 Å². The number of hydrogen-bond acceptors (Lipinski definition) is 4. The summed E-state index contributed by atoms with van der Waals surface area (Å²) in [4.78, 5) is 12.5. The van der Waals surface area contributed by atoms with Crippen molar-refractivity contribution in [2.75, 3.05) is 18.8 Å². The average molecular weight is 288 g/mol. The Balaban J connectivity index is 2.03. The van der Waals surface area contributed by atoms with E-state index in [1.54, 1.807) is 18.3 Å². The summed E-state index contributed by atoms with van der Waals surface area (Å²) in [5, 5.41) is 4.59. The summed E-state index contributed by atoms with van der Waals surface area (Å²) in [6.45, 7) is 2.37. The lowest BCUT2D eigenvalue weighted by atomic mass is 10.2. The Hall–Kier alpha value is -0.920. The van der Waals surface area contributed by atoms with E-state index in [9.17, 15) is 13.2 Å². The highest BCUT2D eigenvalue weighted by Crippen LogP contribution is 2.15. The summed E-state index contributed by atoms with van der Waals surface area (Å²) in [5.74, 6) is -0.161. The highest BCUT2D eigenvalue weighted by atomic mass is 32.2. The van der Waals surface area contributed by atoms with E-state index in [1.807, 2.05) is 17.5 Å². The summed E-state index contributed by atoms with van der Waals surface area (Å²) in [6, 6.07) is 3.22. The molecule has 0 saturated carbocycles. The fourth-order valence-electron chi connectivity index (χ4n) is 1.94. The first-order valence-electron chi connectivity index (χ1n) is 5.80. The normalized spacial score (nSPS) is 21.8. The molecule has 0 aromatic carbocycles. The van der Waals surface area contributed by atoms with E-state index in [0.717, 1.165) is 4.88 Å². The number of rotatable bonds is 4. The van der Waals surface area contributed by atoms with Crippen molar-refractivity contribution < 1.29 is 13.2 Å². The second-order valence-electron chi connectivity index (χ2n) is 4.22. The maximum atomic E-state index is 12.2. The number of hydrogen-bond donors (Lipinski definition) is 1. The minimum Gasteiger partial charge on any atom is -0.353 e. The third-order valence-corrected chi connectivity index (χ3v) is 5.86. The van der Waals surface area contributed by atoms with Gasteiger partial charge in [0.2, 0.25) is 15.9 Å². The van der Waals surface area contributed by atoms with Crippen molar-refractivity contribution in [1.29, 1.82) is 0 Å². The van der Waals surface area contributed by atoms with E-state index in [4.69, 9.17) is 0 Å². The zero-order valence-corrected chi connectivity index (χ0v) is 11.8. The van der Waals surface area contributed by atoms with Crippen molar-refractivity contribution >= 4 is 27.3 Å². The second kappa shape index (κ2) is 5.38. The second-order valence-corrected chi connectivity index (χ2v) is 7.30. The number of amides is 1. The number of aryl methyl sites for hydroxylation is 1. The number of carbonyl (C=O) groups is 1. The van der Waals surface area contributed by atoms with Crippen LogP contribution in [-0.2, 0) is 21.2 Å². The van der Waals surface area contributed by atoms with Gasteiger partial charge in [0.05, 0.1) is 5.75 Å². The zero-order valence-electron chi connectivity index (χ0n) is 10.1. The number of thiophene rings is 1. The number of nitrogens with zero attached hydrogens (tertiary/aromatic N) is 1. The van der Waals surface area contributed by atoms with Crippen LogP contribution in [0.2, 0.25) is 0 Å². The van der Waals surface area contributed by atoms with Crippen molar-refractivity contribution in [1.82, 2.24) is 9.62 Å². The lowest BCUT2D eigenvalue weighted by Crippen LogP contribution is -2.56. The molecule has 1 aromatic rings. The molecule has 1 fully saturated rings. The average Bonchev–Trinajstić information content (AvgIpc) is 2.83. The number of piperazine rings is 1. The van der Waals surface area contributed by atoms with Crippen LogP contribution in [0.3, 0.4) is 0 Å². The largest absolute Gasteiger partial charge is 0.353 e. The highest BCUT2D eigenvalue weighted by molar-refractivity contribution is 7.89. The molecule has 5 nitrogen and oxygen atoms in total. The quantitative estimate of drug-likeness (QED) is 0.874. The summed E-state index contributed by atoms with van der Waals surface area (Å²) in [6.07, 6.45) is 0.505. The van der Waals surface area contributed by atoms with Crippen LogP contribution in [0.5, 0.6) is 0 Å². The molecular weight excluding hydrogens is 272 g/mol. The van der Waals surface area contributed by atoms with Crippen molar-refractivity contribution in [2.24, 2.45) is 0 Å². The smallest absolute Gasteiger partial charge is 0.238 e. The third kappa shape index (κ3) is 2.90. The molecule has 0 unspecified atom stereocenters. The van der Waals surface area contributed by atoms with Crippen LogP contribution in [0.1, 0.15) is 11.8 Å². The molecule has 1 saturated heterocycles. The Labute approximate surface area is 111 Å². The van der Waals surface area contributed by atoms with Gasteiger partial charge in [-0.2, -0.15) is 4.31 Å². The Morgan fingerprint density at radius 3 is 3.00 bits per heavy atom. The molecule has 1 aromatic heterocycles. The van der Waals surface area contributed by atoms with Crippen LogP contribution in [0, 0.1) is 0 Å². The first kappa shape index (κ1) is 13.5. The molecule has 1 N–H and O–H groups in total. The van der Waals surface area contributed by atoms with Crippen molar-refractivity contribution in [3.05, 3.63) is 22.4 Å². The molecule has 1 aliphatic heterocycles. The van der Waals surface area contributed by atoms with Gasteiger partial charge in [0.1, 0.15) is 6.04 Å². The lowest BCUT2D eigenvalue weighted by Gasteiger charge is -2.31. The van der Waals surface area contributed by atoms with Gasteiger partial charge in [0.15, 0.2) is 0 Å². The van der Waals surface area contributed by atoms with Gasteiger partial charge in [-0.25, -0.2) is 8.42 Å². The Morgan fingerprint density at radius 1 is 1.56 bits per heavy atom. The van der Waals surface area contributed by atoms with Gasteiger partial charge in [-0.05, 0) is 24.8 Å². The minimum absolute atomic E-state index is 0.0606. The van der Waals surface area contributed by atoms with E-state index in [1.165, 1.54) is 4.31 Å². The molecule has 100 valence electrons. The minimum atomic E-state index is -3.36. The van der Waals surface area contributed by atoms with Crippen LogP contribution in [-0.4, -0.2) is 43.5 Å². The van der Waals surface area contributed by atoms with E-state index >= 15 is 0 Å². The molecule has 0 radical (unpaired) electrons. The summed E-state index contributed by atoms with van der Waals surface area (Å²) < 4.78 is 25.7. The number of carbonyl (C=O) groups excluding carboxylic acids is 1. The van der Waals surface area contributed by atoms with Crippen LogP contribution in [0.25, 0.3) is 0 Å². The molecule has 2 rings (SSSR count). The molecule has 1 aliphatic rings. The third-order valence-electron chi connectivity index (χ3n) is 2.99. The summed E-state index contributed by atoms with van der Waals surface area (Å²) in [5.41, 5.74) is 0. The zero-order chi connectivity index (χ0) is 13.2. The van der Waals surface area contributed by atoms with Crippen LogP contribution < -0.4 is 5.32 Å². The van der Waals surface area contributed by atoms with E-state index in [2.05, 4.69) is 5.32 Å². The highest BCUT2D eigenvalue weighted by Gasteiger charge is 2.33. The fourth-order valence-corrected chi connectivity index (χ4v) is 4.44. The standard InChI is InChI=1S/C11H16N2O3S2/c1-9-11(14)12-5-6-13(9)18(15,16)8-4-10-3-2-7-17-10/h2-3,7,9H,4-6,8H2,1H3,(H,12,14)/t9-/m1/s1. The lowest BCUT2D eigenvalue weighted by molar-refractivity contribution is -0.126. The van der Waals surface area contributed by atoms with Crippen molar-refractivity contribution in [3.8, 4) is 0 Å². The molecule has 1 atom stereocenters. The molecule has 0 spiro atoms. The van der Waals surface area contributed by atoms with Crippen LogP contribution in [0.15, 0.2) is 17.5 Å². The monoisotopic (exact) mass is 288 g/mol. The topological polar surface area (TPSA) is 66.5 Å². The van der Waals surface area contributed by atoms with Gasteiger partial charge in [-0.3, -0.25) is 4.79 Å². The Kier molecular flexibility index (Phi) is 4.04. The fraction of sp³-hybridized carbons (Fsp3) is 0.545. The molecule has 1 amide bonds. The molecule has 0 aliphatic carbocycles. The Morgan fingerprint density at radius 2 is 2.33 bits per heavy atom. The predicted octanol–water partition coefficient (Wildman–Crippen LogP) is 0.441. The predicted molar refractivity (Wildman–Crippen MR) is 71.0 cm³/mol. The van der Waals surface area contributed by atoms with E-state index in [-0.39, 0.29) is 11.7 Å². The maximum absolute atomic E-state index is 12.2. The van der Waals surface area contributed by atoms with E-state index < -0.39 is 16.1 Å². The Bertz CT molecular complexity index is 510. The first-order valence-corrected chi connectivity index (χ1v) is 8.29. The molecular formula is C11H16N2O3S2. The number of sulfonamides is 1. The molecule has 0 bridgehead atoms. The van der Waals surface area contributed by atoms with Crippen molar-refractivity contribution in [3.63, 3.8) is 0 Å². The van der Waals surface area contributed by atoms with Gasteiger partial charge in [0, 0.05) is 18.0 Å². The molecule has 7 heteroatoms. The summed E-state index contributed by atoms with van der Waals surface area (Å²) in [7, 11) is -3.36. The van der Waals surface area contributed by atoms with Gasteiger partial charge in [-0.1, -0.05) is 6.07 Å². The van der Waals surface area contributed by atoms with Gasteiger partial charge in [0.25, 0.3) is 0 Å². The maximum Gasteiger partial charge on any atom is 0.238 e. The van der Waals surface area contributed by atoms with Crippen LogP contribution >= 0.6 is 11.3 Å². The van der Waals surface area contributed by atoms with Crippen molar-refractivity contribution in [2.45, 2.75) is 19.4 Å². The van der Waals surface area contributed by atoms with Gasteiger partial charge < -0.3 is 5.32 Å². The van der Waals surface area contributed by atoms with Gasteiger partial charge in [-0.15, -0.1) is 11.3 Å². The number of nitrogens with one attached hydrogen (secondary N) is 1. The summed E-state index contributed by atoms with van der Waals surface area (Å²) >= 11 is 1.55. The molecule has 2 heterocycles. The molecule has 18 heavy (non-hydrogen) atoms.